The molecule has 4 nitrogen and oxygen atoms in total. The molecule has 0 N–H and O–H groups in total. The van der Waals surface area contributed by atoms with Gasteiger partial charge in [0.25, 0.3) is 0 Å². The zero-order valence-corrected chi connectivity index (χ0v) is 12.0. The maximum atomic E-state index is 12.1. The minimum absolute atomic E-state index is 0.0655. The van der Waals surface area contributed by atoms with E-state index in [0.29, 0.717) is 12.0 Å². The van der Waals surface area contributed by atoms with Gasteiger partial charge in [-0.2, -0.15) is 0 Å². The molecule has 2 rings (SSSR count). The third kappa shape index (κ3) is 3.25. The van der Waals surface area contributed by atoms with Gasteiger partial charge in [-0.15, -0.1) is 0 Å². The van der Waals surface area contributed by atoms with Crippen molar-refractivity contribution in [1.29, 1.82) is 0 Å². The Labute approximate surface area is 119 Å². The van der Waals surface area contributed by atoms with Crippen molar-refractivity contribution >= 4 is 11.8 Å². The number of esters is 1. The second-order valence-corrected chi connectivity index (χ2v) is 5.50. The van der Waals surface area contributed by atoms with E-state index in [0.717, 1.165) is 0 Å². The van der Waals surface area contributed by atoms with Gasteiger partial charge in [0.1, 0.15) is 6.10 Å². The third-order valence-corrected chi connectivity index (χ3v) is 3.67. The highest BCUT2D eigenvalue weighted by Crippen LogP contribution is 2.30. The Hall–Kier alpha value is -1.68. The average molecular weight is 276 g/mol. The summed E-state index contributed by atoms with van der Waals surface area (Å²) in [6, 6.07) is 8.80. The van der Waals surface area contributed by atoms with Crippen LogP contribution in [0.3, 0.4) is 0 Å². The molecule has 0 aliphatic carbocycles. The molecule has 0 bridgehead atoms. The van der Waals surface area contributed by atoms with Gasteiger partial charge in [0.05, 0.1) is 5.56 Å². The Morgan fingerprint density at radius 1 is 1.30 bits per heavy atom. The Bertz CT molecular complexity index is 481. The molecular weight excluding hydrogens is 256 g/mol. The van der Waals surface area contributed by atoms with E-state index >= 15 is 0 Å². The van der Waals surface area contributed by atoms with Gasteiger partial charge in [-0.05, 0) is 25.0 Å². The Morgan fingerprint density at radius 3 is 2.55 bits per heavy atom. The summed E-state index contributed by atoms with van der Waals surface area (Å²) in [6.45, 7) is 5.70. The first-order chi connectivity index (χ1) is 9.49. The van der Waals surface area contributed by atoms with Crippen molar-refractivity contribution in [2.45, 2.75) is 39.6 Å². The number of ketones is 1. The summed E-state index contributed by atoms with van der Waals surface area (Å²) in [6.07, 6.45) is -0.778. The fraction of sp³-hybridized carbons (Fsp3) is 0.500. The number of benzene rings is 1. The van der Waals surface area contributed by atoms with Gasteiger partial charge in [-0.3, -0.25) is 4.79 Å². The van der Waals surface area contributed by atoms with E-state index in [1.165, 1.54) is 0 Å². The zero-order chi connectivity index (χ0) is 14.7. The summed E-state index contributed by atoms with van der Waals surface area (Å²) in [5.41, 5.74) is 0.489. The van der Waals surface area contributed by atoms with Crippen molar-refractivity contribution < 1.29 is 19.1 Å². The van der Waals surface area contributed by atoms with E-state index < -0.39 is 18.4 Å². The number of hydrogen-bond donors (Lipinski definition) is 0. The van der Waals surface area contributed by atoms with Crippen LogP contribution in [0.25, 0.3) is 0 Å². The molecule has 1 fully saturated rings. The molecule has 1 aromatic rings. The first kappa shape index (κ1) is 14.7. The molecule has 20 heavy (non-hydrogen) atoms. The molecule has 1 saturated heterocycles. The number of rotatable bonds is 3. The normalized spacial score (nSPS) is 26.6. The van der Waals surface area contributed by atoms with Gasteiger partial charge in [0.15, 0.2) is 5.78 Å². The smallest absolute Gasteiger partial charge is 0.340 e. The predicted octanol–water partition coefficient (Wildman–Crippen LogP) is 2.82. The molecule has 1 aliphatic heterocycles. The van der Waals surface area contributed by atoms with Gasteiger partial charge < -0.3 is 9.47 Å². The van der Waals surface area contributed by atoms with Crippen LogP contribution in [-0.2, 0) is 14.3 Å². The molecule has 0 spiro atoms. The lowest BCUT2D eigenvalue weighted by Crippen LogP contribution is -2.44. The lowest BCUT2D eigenvalue weighted by atomic mass is 9.87. The first-order valence-electron chi connectivity index (χ1n) is 6.93. The molecule has 0 amide bonds. The van der Waals surface area contributed by atoms with Crippen molar-refractivity contribution in [3.63, 3.8) is 0 Å². The summed E-state index contributed by atoms with van der Waals surface area (Å²) in [5, 5.41) is 0. The number of ether oxygens (including phenoxy) is 2. The number of hydrogen-bond acceptors (Lipinski definition) is 4. The second kappa shape index (κ2) is 6.18. The molecule has 4 heteroatoms. The molecule has 3 atom stereocenters. The summed E-state index contributed by atoms with van der Waals surface area (Å²) < 4.78 is 11.0. The monoisotopic (exact) mass is 276 g/mol. The van der Waals surface area contributed by atoms with Crippen molar-refractivity contribution in [3.05, 3.63) is 35.9 Å². The van der Waals surface area contributed by atoms with E-state index in [1.807, 2.05) is 19.9 Å². The molecule has 0 aromatic heterocycles. The minimum Gasteiger partial charge on any atom is -0.432 e. The highest BCUT2D eigenvalue weighted by atomic mass is 16.7. The van der Waals surface area contributed by atoms with E-state index in [-0.39, 0.29) is 17.6 Å². The Kier molecular flexibility index (Phi) is 4.55. The minimum atomic E-state index is -0.657. The van der Waals surface area contributed by atoms with Crippen molar-refractivity contribution in [2.24, 2.45) is 11.8 Å². The molecule has 1 aromatic carbocycles. The van der Waals surface area contributed by atoms with Gasteiger partial charge in [0, 0.05) is 12.3 Å². The Balaban J connectivity index is 2.09. The van der Waals surface area contributed by atoms with Crippen LogP contribution in [-0.4, -0.2) is 24.1 Å². The van der Waals surface area contributed by atoms with Gasteiger partial charge in [-0.25, -0.2) is 4.79 Å². The van der Waals surface area contributed by atoms with Crippen LogP contribution in [0.5, 0.6) is 0 Å². The fourth-order valence-corrected chi connectivity index (χ4v) is 2.29. The van der Waals surface area contributed by atoms with Crippen LogP contribution >= 0.6 is 0 Å². The number of carbonyl (C=O) groups excluding carboxylic acids is 2. The molecule has 0 radical (unpaired) electrons. The van der Waals surface area contributed by atoms with Crippen molar-refractivity contribution in [2.75, 3.05) is 0 Å². The number of carbonyl (C=O) groups is 2. The van der Waals surface area contributed by atoms with Crippen LogP contribution in [0, 0.1) is 11.8 Å². The SMILES string of the molecule is CC(C)[C@@H]1CC(=O)[C@H](C)O[C@H]1OC(=O)c1ccccc1. The van der Waals surface area contributed by atoms with E-state index in [1.54, 1.807) is 31.2 Å². The summed E-state index contributed by atoms with van der Waals surface area (Å²) in [5.74, 6) is -0.232. The summed E-state index contributed by atoms with van der Waals surface area (Å²) >= 11 is 0. The molecule has 0 saturated carbocycles. The lowest BCUT2D eigenvalue weighted by molar-refractivity contribution is -0.199. The van der Waals surface area contributed by atoms with E-state index in [2.05, 4.69) is 0 Å². The van der Waals surface area contributed by atoms with Gasteiger partial charge in [0.2, 0.25) is 6.29 Å². The molecule has 0 unspecified atom stereocenters. The molecule has 1 aliphatic rings. The van der Waals surface area contributed by atoms with Crippen LogP contribution in [0.1, 0.15) is 37.6 Å². The molecule has 108 valence electrons. The van der Waals surface area contributed by atoms with Crippen LogP contribution in [0.4, 0.5) is 0 Å². The highest BCUT2D eigenvalue weighted by molar-refractivity contribution is 5.89. The fourth-order valence-electron chi connectivity index (χ4n) is 2.29. The maximum Gasteiger partial charge on any atom is 0.340 e. The molecule has 1 heterocycles. The predicted molar refractivity (Wildman–Crippen MR) is 74.1 cm³/mol. The van der Waals surface area contributed by atoms with Gasteiger partial charge >= 0.3 is 5.97 Å². The van der Waals surface area contributed by atoms with Crippen LogP contribution in [0.2, 0.25) is 0 Å². The van der Waals surface area contributed by atoms with Gasteiger partial charge in [-0.1, -0.05) is 32.0 Å². The van der Waals surface area contributed by atoms with Crippen molar-refractivity contribution in [1.82, 2.24) is 0 Å². The second-order valence-electron chi connectivity index (χ2n) is 5.50. The zero-order valence-electron chi connectivity index (χ0n) is 12.0. The van der Waals surface area contributed by atoms with Crippen LogP contribution in [0.15, 0.2) is 30.3 Å². The standard InChI is InChI=1S/C16H20O4/c1-10(2)13-9-14(17)11(3)19-16(13)20-15(18)12-7-5-4-6-8-12/h4-8,10-11,13,16H,9H2,1-3H3/t11-,13-,16-/m0/s1. The average Bonchev–Trinajstić information content (AvgIpc) is 2.43. The largest absolute Gasteiger partial charge is 0.432 e. The quantitative estimate of drug-likeness (QED) is 0.797. The Morgan fingerprint density at radius 2 is 1.95 bits per heavy atom. The van der Waals surface area contributed by atoms with Crippen LogP contribution < -0.4 is 0 Å². The molecular formula is C16H20O4. The first-order valence-corrected chi connectivity index (χ1v) is 6.93. The lowest BCUT2D eigenvalue weighted by Gasteiger charge is -2.35. The summed E-state index contributed by atoms with van der Waals surface area (Å²) in [4.78, 5) is 23.8. The maximum absolute atomic E-state index is 12.1. The third-order valence-electron chi connectivity index (χ3n) is 3.67. The topological polar surface area (TPSA) is 52.6 Å². The number of Topliss-reactive ketones (excluding diaryl/α,β-unsaturated/α-hetero) is 1. The van der Waals surface area contributed by atoms with Crippen molar-refractivity contribution in [3.8, 4) is 0 Å². The van der Waals surface area contributed by atoms with E-state index in [9.17, 15) is 9.59 Å². The van der Waals surface area contributed by atoms with E-state index in [4.69, 9.17) is 9.47 Å². The summed E-state index contributed by atoms with van der Waals surface area (Å²) in [7, 11) is 0. The highest BCUT2D eigenvalue weighted by Gasteiger charge is 2.38.